The van der Waals surface area contributed by atoms with Crippen molar-refractivity contribution in [3.05, 3.63) is 71.0 Å². The number of oxime groups is 1. The maximum absolute atomic E-state index is 14.1. The van der Waals surface area contributed by atoms with Crippen molar-refractivity contribution in [2.75, 3.05) is 6.54 Å². The molecule has 0 bridgehead atoms. The maximum atomic E-state index is 14.1. The van der Waals surface area contributed by atoms with Gasteiger partial charge in [-0.3, -0.25) is 0 Å². The lowest BCUT2D eigenvalue weighted by molar-refractivity contribution is 0.0584. The van der Waals surface area contributed by atoms with Crippen molar-refractivity contribution >= 4 is 11.7 Å². The quantitative estimate of drug-likeness (QED) is 0.783. The summed E-state index contributed by atoms with van der Waals surface area (Å²) in [6.45, 7) is 3.82. The first kappa shape index (κ1) is 20.7. The van der Waals surface area contributed by atoms with Gasteiger partial charge in [0, 0.05) is 29.7 Å². The minimum Gasteiger partial charge on any atom is -0.390 e. The molecule has 154 valence electrons. The average Bonchev–Trinajstić information content (AvgIpc) is 3.10. The average molecular weight is 405 g/mol. The zero-order valence-corrected chi connectivity index (χ0v) is 16.2. The van der Waals surface area contributed by atoms with Crippen LogP contribution in [0.1, 0.15) is 31.4 Å². The second-order valence-electron chi connectivity index (χ2n) is 7.17. The Bertz CT molecular complexity index is 918. The molecule has 2 aromatic carbocycles. The van der Waals surface area contributed by atoms with Gasteiger partial charge in [-0.1, -0.05) is 23.4 Å². The molecular weight excluding hydrogens is 383 g/mol. The van der Waals surface area contributed by atoms with E-state index in [1.54, 1.807) is 18.2 Å². The van der Waals surface area contributed by atoms with E-state index in [0.29, 0.717) is 11.3 Å². The number of hydrogen-bond donors (Lipinski definition) is 1. The van der Waals surface area contributed by atoms with E-state index in [-0.39, 0.29) is 37.1 Å². The molecule has 0 saturated heterocycles. The van der Waals surface area contributed by atoms with Crippen molar-refractivity contribution in [3.63, 3.8) is 0 Å². The Hall–Kier alpha value is -3.03. The number of urea groups is 1. The first-order chi connectivity index (χ1) is 13.8. The number of benzene rings is 2. The van der Waals surface area contributed by atoms with Crippen LogP contribution in [0.5, 0.6) is 0 Å². The Morgan fingerprint density at radius 1 is 1.21 bits per heavy atom. The zero-order chi connectivity index (χ0) is 21.0. The number of hydrogen-bond acceptors (Lipinski definition) is 3. The van der Waals surface area contributed by atoms with Gasteiger partial charge in [0.05, 0.1) is 18.8 Å². The van der Waals surface area contributed by atoms with Crippen molar-refractivity contribution in [1.29, 1.82) is 0 Å². The van der Waals surface area contributed by atoms with E-state index in [1.807, 2.05) is 13.8 Å². The Labute approximate surface area is 167 Å². The predicted octanol–water partition coefficient (Wildman–Crippen LogP) is 4.22. The standard InChI is InChI=1S/C21H22F3N3O2/c1-13(2)25-21(28)27(11-14-5-3-4-6-18(14)23)12-16-10-20(26-29-16)17-8-7-15(22)9-19(17)24/h3-9,13,16H,10-12H2,1-2H3,(H,25,28)/t16-/m1/s1. The van der Waals surface area contributed by atoms with Crippen LogP contribution in [0.15, 0.2) is 47.6 Å². The van der Waals surface area contributed by atoms with Crippen LogP contribution >= 0.6 is 0 Å². The van der Waals surface area contributed by atoms with Gasteiger partial charge in [0.15, 0.2) is 6.10 Å². The summed E-state index contributed by atoms with van der Waals surface area (Å²) in [5, 5.41) is 6.68. The van der Waals surface area contributed by atoms with Crippen molar-refractivity contribution < 1.29 is 22.8 Å². The highest BCUT2D eigenvalue weighted by molar-refractivity contribution is 6.01. The van der Waals surface area contributed by atoms with Crippen LogP contribution in [0.25, 0.3) is 0 Å². The molecule has 2 aromatic rings. The van der Waals surface area contributed by atoms with Crippen molar-refractivity contribution in [2.24, 2.45) is 5.16 Å². The molecule has 1 aliphatic heterocycles. The Morgan fingerprint density at radius 2 is 1.97 bits per heavy atom. The normalized spacial score (nSPS) is 15.8. The third kappa shape index (κ3) is 5.28. The Kier molecular flexibility index (Phi) is 6.41. The van der Waals surface area contributed by atoms with Gasteiger partial charge in [0.2, 0.25) is 0 Å². The summed E-state index contributed by atoms with van der Waals surface area (Å²) in [5.41, 5.74) is 0.860. The maximum Gasteiger partial charge on any atom is 0.318 e. The first-order valence-electron chi connectivity index (χ1n) is 9.30. The molecule has 29 heavy (non-hydrogen) atoms. The van der Waals surface area contributed by atoms with Gasteiger partial charge >= 0.3 is 6.03 Å². The van der Waals surface area contributed by atoms with E-state index in [2.05, 4.69) is 10.5 Å². The number of nitrogens with zero attached hydrogens (tertiary/aromatic N) is 2. The van der Waals surface area contributed by atoms with Gasteiger partial charge < -0.3 is 15.1 Å². The molecule has 0 fully saturated rings. The molecule has 2 amide bonds. The van der Waals surface area contributed by atoms with Crippen LogP contribution < -0.4 is 5.32 Å². The van der Waals surface area contributed by atoms with Gasteiger partial charge in [-0.05, 0) is 32.0 Å². The van der Waals surface area contributed by atoms with Gasteiger partial charge in [-0.2, -0.15) is 0 Å². The fourth-order valence-electron chi connectivity index (χ4n) is 3.04. The Morgan fingerprint density at radius 3 is 2.66 bits per heavy atom. The van der Waals surface area contributed by atoms with Crippen molar-refractivity contribution in [3.8, 4) is 0 Å². The minimum atomic E-state index is -0.728. The fraction of sp³-hybridized carbons (Fsp3) is 0.333. The fourth-order valence-corrected chi connectivity index (χ4v) is 3.04. The SMILES string of the molecule is CC(C)NC(=O)N(Cc1ccccc1F)C[C@H]1CC(c2ccc(F)cc2F)=NO1. The molecule has 8 heteroatoms. The smallest absolute Gasteiger partial charge is 0.318 e. The lowest BCUT2D eigenvalue weighted by atomic mass is 10.0. The predicted molar refractivity (Wildman–Crippen MR) is 103 cm³/mol. The topological polar surface area (TPSA) is 53.9 Å². The summed E-state index contributed by atoms with van der Waals surface area (Å²) in [4.78, 5) is 19.4. The highest BCUT2D eigenvalue weighted by Gasteiger charge is 2.28. The van der Waals surface area contributed by atoms with Gasteiger partial charge in [-0.15, -0.1) is 0 Å². The van der Waals surface area contributed by atoms with E-state index in [1.165, 1.54) is 17.0 Å². The molecule has 0 unspecified atom stereocenters. The van der Waals surface area contributed by atoms with E-state index in [9.17, 15) is 18.0 Å². The van der Waals surface area contributed by atoms with Crippen LogP contribution in [-0.2, 0) is 11.4 Å². The molecule has 1 atom stereocenters. The van der Waals surface area contributed by atoms with E-state index >= 15 is 0 Å². The molecule has 1 N–H and O–H groups in total. The number of nitrogens with one attached hydrogen (secondary N) is 1. The molecule has 5 nitrogen and oxygen atoms in total. The summed E-state index contributed by atoms with van der Waals surface area (Å²) in [6, 6.07) is 8.98. The Balaban J connectivity index is 1.71. The van der Waals surface area contributed by atoms with Gasteiger partial charge in [0.25, 0.3) is 0 Å². The molecule has 1 heterocycles. The molecule has 3 rings (SSSR count). The molecule has 0 saturated carbocycles. The van der Waals surface area contributed by atoms with Crippen LogP contribution in [0, 0.1) is 17.5 Å². The summed E-state index contributed by atoms with van der Waals surface area (Å²) in [7, 11) is 0. The number of amides is 2. The zero-order valence-electron chi connectivity index (χ0n) is 16.2. The molecule has 0 radical (unpaired) electrons. The second-order valence-corrected chi connectivity index (χ2v) is 7.17. The van der Waals surface area contributed by atoms with Gasteiger partial charge in [-0.25, -0.2) is 18.0 Å². The summed E-state index contributed by atoms with van der Waals surface area (Å²) in [5.74, 6) is -1.81. The highest BCUT2D eigenvalue weighted by atomic mass is 19.1. The number of carbonyl (C=O) groups is 1. The monoisotopic (exact) mass is 405 g/mol. The van der Waals surface area contributed by atoms with Crippen LogP contribution in [0.4, 0.5) is 18.0 Å². The van der Waals surface area contributed by atoms with Crippen molar-refractivity contribution in [1.82, 2.24) is 10.2 Å². The third-order valence-corrected chi connectivity index (χ3v) is 4.42. The van der Waals surface area contributed by atoms with Crippen LogP contribution in [-0.4, -0.2) is 35.3 Å². The molecule has 0 aliphatic carbocycles. The molecular formula is C21H22F3N3O2. The van der Waals surface area contributed by atoms with E-state index in [4.69, 9.17) is 4.84 Å². The van der Waals surface area contributed by atoms with E-state index < -0.39 is 23.6 Å². The lowest BCUT2D eigenvalue weighted by Crippen LogP contribution is -2.45. The first-order valence-corrected chi connectivity index (χ1v) is 9.30. The summed E-state index contributed by atoms with van der Waals surface area (Å²) >= 11 is 0. The lowest BCUT2D eigenvalue weighted by Gasteiger charge is -2.26. The number of rotatable bonds is 6. The third-order valence-electron chi connectivity index (χ3n) is 4.42. The molecule has 0 spiro atoms. The second kappa shape index (κ2) is 8.98. The summed E-state index contributed by atoms with van der Waals surface area (Å²) in [6.07, 6.45) is -0.287. The largest absolute Gasteiger partial charge is 0.390 e. The van der Waals surface area contributed by atoms with Crippen LogP contribution in [0.2, 0.25) is 0 Å². The summed E-state index contributed by atoms with van der Waals surface area (Å²) < 4.78 is 41.2. The molecule has 1 aliphatic rings. The van der Waals surface area contributed by atoms with E-state index in [0.717, 1.165) is 12.1 Å². The van der Waals surface area contributed by atoms with Gasteiger partial charge in [0.1, 0.15) is 17.5 Å². The van der Waals surface area contributed by atoms with Crippen molar-refractivity contribution in [2.45, 2.75) is 39.0 Å². The minimum absolute atomic E-state index is 0.0470. The highest BCUT2D eigenvalue weighted by Crippen LogP contribution is 2.21. The van der Waals surface area contributed by atoms with Crippen LogP contribution in [0.3, 0.4) is 0 Å². The number of halogens is 3. The number of carbonyl (C=O) groups excluding carboxylic acids is 1. The molecule has 0 aromatic heterocycles.